The lowest BCUT2D eigenvalue weighted by Gasteiger charge is -2.34. The molecular formula is C75H144N4O6S2. The summed E-state index contributed by atoms with van der Waals surface area (Å²) < 4.78 is 5.74. The molecule has 0 aromatic rings. The van der Waals surface area contributed by atoms with E-state index in [4.69, 9.17) is 4.74 Å². The summed E-state index contributed by atoms with van der Waals surface area (Å²) >= 11 is 0. The van der Waals surface area contributed by atoms with Crippen LogP contribution in [0.1, 0.15) is 304 Å². The van der Waals surface area contributed by atoms with E-state index in [0.717, 1.165) is 141 Å². The van der Waals surface area contributed by atoms with Crippen molar-refractivity contribution in [3.8, 4) is 0 Å². The highest BCUT2D eigenvalue weighted by molar-refractivity contribution is 8.76. The van der Waals surface area contributed by atoms with E-state index in [9.17, 15) is 25.2 Å². The van der Waals surface area contributed by atoms with Gasteiger partial charge in [-0.05, 0) is 116 Å². The molecule has 1 heterocycles. The Hall–Kier alpha value is -1.19. The second-order valence-corrected chi connectivity index (χ2v) is 28.7. The molecule has 4 unspecified atom stereocenters. The highest BCUT2D eigenvalue weighted by atomic mass is 33.1. The third kappa shape index (κ3) is 59.6. The number of allylic oxidation sites excluding steroid dienone is 8. The zero-order valence-electron chi connectivity index (χ0n) is 57.7. The number of ether oxygens (including phenoxy) is 1. The molecule has 4 N–H and O–H groups in total. The molecule has 10 nitrogen and oxygen atoms in total. The Labute approximate surface area is 547 Å². The topological polar surface area (TPSA) is 120 Å². The molecule has 1 aliphatic heterocycles. The summed E-state index contributed by atoms with van der Waals surface area (Å²) in [4.78, 5) is 22.4. The van der Waals surface area contributed by atoms with Crippen LogP contribution in [0.3, 0.4) is 0 Å². The average Bonchev–Trinajstić information content (AvgIpc) is 3.61. The second kappa shape index (κ2) is 66.3. The van der Waals surface area contributed by atoms with Gasteiger partial charge in [0.05, 0.1) is 24.4 Å². The fourth-order valence-electron chi connectivity index (χ4n) is 11.8. The summed E-state index contributed by atoms with van der Waals surface area (Å²) in [6.45, 7) is 19.3. The summed E-state index contributed by atoms with van der Waals surface area (Å²) in [5.41, 5.74) is 0. The Bertz CT molecular complexity index is 1470. The van der Waals surface area contributed by atoms with Crippen molar-refractivity contribution in [1.29, 1.82) is 0 Å². The third-order valence-electron chi connectivity index (χ3n) is 17.4. The van der Waals surface area contributed by atoms with Gasteiger partial charge in [0, 0.05) is 83.4 Å². The molecule has 1 fully saturated rings. The van der Waals surface area contributed by atoms with Gasteiger partial charge in [-0.3, -0.25) is 24.4 Å². The van der Waals surface area contributed by atoms with E-state index < -0.39 is 12.2 Å². The maximum absolute atomic E-state index is 12.9. The SMILES string of the molecule is CCCCC/C=C\C/C=C\CCCCCCC(O)CN(CCCSSCCN1CCN(CCOC(=O)CCCN(CC(O)CCCCCCCCCC)CC(O)CCCCCCCCCC)CC1)CC(O)CCCCCC/C=C\C/C=C\CCCCC. The predicted octanol–water partition coefficient (Wildman–Crippen LogP) is 18.7. The first-order valence-corrected chi connectivity index (χ1v) is 39.8. The van der Waals surface area contributed by atoms with Gasteiger partial charge >= 0.3 is 5.97 Å². The number of carbonyl (C=O) groups is 1. The minimum atomic E-state index is -0.408. The maximum atomic E-state index is 12.9. The molecular weight excluding hydrogens is 1120 g/mol. The van der Waals surface area contributed by atoms with Crippen molar-refractivity contribution in [2.45, 2.75) is 328 Å². The van der Waals surface area contributed by atoms with Crippen LogP contribution in [0, 0.1) is 0 Å². The van der Waals surface area contributed by atoms with E-state index in [-0.39, 0.29) is 18.2 Å². The van der Waals surface area contributed by atoms with Gasteiger partial charge in [-0.25, -0.2) is 0 Å². The number of rotatable bonds is 67. The van der Waals surface area contributed by atoms with Gasteiger partial charge in [0.25, 0.3) is 0 Å². The first-order chi connectivity index (χ1) is 42.7. The van der Waals surface area contributed by atoms with Crippen molar-refractivity contribution in [2.75, 3.05) is 96.6 Å². The van der Waals surface area contributed by atoms with Crippen LogP contribution in [0.5, 0.6) is 0 Å². The molecule has 4 atom stereocenters. The summed E-state index contributed by atoms with van der Waals surface area (Å²) in [5.74, 6) is 2.01. The predicted molar refractivity (Wildman–Crippen MR) is 383 cm³/mol. The minimum absolute atomic E-state index is 0.148. The Balaban J connectivity index is 2.43. The van der Waals surface area contributed by atoms with E-state index in [1.165, 1.54) is 180 Å². The van der Waals surface area contributed by atoms with Crippen LogP contribution in [0.4, 0.5) is 0 Å². The maximum Gasteiger partial charge on any atom is 0.305 e. The first-order valence-electron chi connectivity index (χ1n) is 37.3. The molecule has 512 valence electrons. The summed E-state index contributed by atoms with van der Waals surface area (Å²) in [7, 11) is 3.93. The molecule has 0 spiro atoms. The van der Waals surface area contributed by atoms with Crippen LogP contribution in [-0.2, 0) is 9.53 Å². The lowest BCUT2D eigenvalue weighted by molar-refractivity contribution is -0.144. The monoisotopic (exact) mass is 1260 g/mol. The van der Waals surface area contributed by atoms with Crippen LogP contribution >= 0.6 is 21.6 Å². The van der Waals surface area contributed by atoms with Crippen LogP contribution in [0.25, 0.3) is 0 Å². The fraction of sp³-hybridized carbons (Fsp3) is 0.880. The Kier molecular flexibility index (Phi) is 63.9. The summed E-state index contributed by atoms with van der Waals surface area (Å²) in [5, 5.41) is 44.4. The largest absolute Gasteiger partial charge is 0.464 e. The molecule has 87 heavy (non-hydrogen) atoms. The first kappa shape index (κ1) is 83.8. The number of esters is 1. The zero-order chi connectivity index (χ0) is 63.0. The Morgan fingerprint density at radius 3 is 1.09 bits per heavy atom. The number of piperazine rings is 1. The standard InChI is InChI=1S/C75H144N4O6S2/c1-5-9-13-17-21-25-27-29-31-33-35-39-43-47-53-73(82)69-79(70-74(83)54-48-44-40-36-34-32-30-28-26-22-18-14-10-6-2)57-50-65-86-87-66-63-77-60-58-76(59-61-77)62-64-85-75(84)55-49-56-78(67-71(80)51-45-41-37-23-19-15-11-7-3)68-72(81)52-46-42-38-24-20-16-12-8-4/h21-22,25-26,29-32,71-74,80-83H,5-20,23-24,27-28,33-70H2,1-4H3/b25-21-,26-22-,31-29-,32-30-. The number of aliphatic hydroxyl groups excluding tert-OH is 4. The third-order valence-corrected chi connectivity index (χ3v) is 19.9. The number of hydrogen-bond donors (Lipinski definition) is 4. The van der Waals surface area contributed by atoms with Crippen LogP contribution in [-0.4, -0.2) is 167 Å². The quantitative estimate of drug-likeness (QED) is 0.0201. The van der Waals surface area contributed by atoms with Crippen LogP contribution in [0.15, 0.2) is 48.6 Å². The van der Waals surface area contributed by atoms with Crippen molar-refractivity contribution in [3.63, 3.8) is 0 Å². The molecule has 1 saturated heterocycles. The molecule has 0 aromatic carbocycles. The Morgan fingerprint density at radius 1 is 0.391 bits per heavy atom. The van der Waals surface area contributed by atoms with Gasteiger partial charge < -0.3 is 25.2 Å². The molecule has 0 saturated carbocycles. The zero-order valence-corrected chi connectivity index (χ0v) is 59.3. The van der Waals surface area contributed by atoms with Crippen molar-refractivity contribution in [1.82, 2.24) is 19.6 Å². The molecule has 0 radical (unpaired) electrons. The molecule has 0 bridgehead atoms. The molecule has 0 aliphatic carbocycles. The normalized spacial score (nSPS) is 15.2. The molecule has 12 heteroatoms. The van der Waals surface area contributed by atoms with Gasteiger partial charge in [-0.2, -0.15) is 0 Å². The van der Waals surface area contributed by atoms with Gasteiger partial charge in [-0.15, -0.1) is 0 Å². The highest BCUT2D eigenvalue weighted by Gasteiger charge is 2.20. The highest BCUT2D eigenvalue weighted by Crippen LogP contribution is 2.23. The van der Waals surface area contributed by atoms with E-state index in [1.54, 1.807) is 0 Å². The summed E-state index contributed by atoms with van der Waals surface area (Å²) in [6, 6.07) is 0. The van der Waals surface area contributed by atoms with Crippen LogP contribution in [0.2, 0.25) is 0 Å². The van der Waals surface area contributed by atoms with Gasteiger partial charge in [0.1, 0.15) is 6.61 Å². The second-order valence-electron chi connectivity index (χ2n) is 26.0. The van der Waals surface area contributed by atoms with Crippen molar-refractivity contribution in [2.24, 2.45) is 0 Å². The summed E-state index contributed by atoms with van der Waals surface area (Å²) in [6.07, 6.45) is 66.3. The number of hydrogen-bond acceptors (Lipinski definition) is 12. The van der Waals surface area contributed by atoms with E-state index in [0.29, 0.717) is 52.2 Å². The lowest BCUT2D eigenvalue weighted by Crippen LogP contribution is -2.47. The van der Waals surface area contributed by atoms with Crippen molar-refractivity contribution < 1.29 is 30.0 Å². The van der Waals surface area contributed by atoms with Crippen molar-refractivity contribution in [3.05, 3.63) is 48.6 Å². The van der Waals surface area contributed by atoms with Crippen LogP contribution < -0.4 is 0 Å². The minimum Gasteiger partial charge on any atom is -0.464 e. The number of unbranched alkanes of at least 4 members (excludes halogenated alkanes) is 28. The molecule has 0 amide bonds. The fourth-order valence-corrected chi connectivity index (χ4v) is 13.9. The lowest BCUT2D eigenvalue weighted by atomic mass is 10.0. The average molecular weight is 1260 g/mol. The van der Waals surface area contributed by atoms with Crippen molar-refractivity contribution >= 4 is 27.6 Å². The Morgan fingerprint density at radius 2 is 0.701 bits per heavy atom. The molecule has 1 aliphatic rings. The van der Waals surface area contributed by atoms with E-state index in [2.05, 4.69) is 95.9 Å². The van der Waals surface area contributed by atoms with E-state index in [1.807, 2.05) is 21.6 Å². The smallest absolute Gasteiger partial charge is 0.305 e. The number of carbonyl (C=O) groups excluding carboxylic acids is 1. The van der Waals surface area contributed by atoms with Gasteiger partial charge in [0.15, 0.2) is 0 Å². The molecule has 0 aromatic heterocycles. The molecule has 1 rings (SSSR count). The van der Waals surface area contributed by atoms with Gasteiger partial charge in [0.2, 0.25) is 0 Å². The van der Waals surface area contributed by atoms with E-state index >= 15 is 0 Å². The number of nitrogens with zero attached hydrogens (tertiary/aromatic N) is 4. The van der Waals surface area contributed by atoms with Gasteiger partial charge in [-0.1, -0.05) is 265 Å². The number of aliphatic hydroxyl groups is 4.